The molecule has 2 atom stereocenters. The molecule has 4 aliphatic rings. The van der Waals surface area contributed by atoms with Gasteiger partial charge in [-0.1, -0.05) is 24.3 Å². The number of nitrogens with zero attached hydrogens (tertiary/aromatic N) is 2. The van der Waals surface area contributed by atoms with E-state index >= 15 is 0 Å². The smallest absolute Gasteiger partial charge is 0.231 e. The number of ether oxygens (including phenoxy) is 8. The molecule has 0 spiro atoms. The number of hydrogen-bond donors (Lipinski definition) is 0. The molecule has 0 unspecified atom stereocenters. The van der Waals surface area contributed by atoms with Crippen LogP contribution in [0.3, 0.4) is 0 Å². The van der Waals surface area contributed by atoms with Crippen molar-refractivity contribution in [3.63, 3.8) is 0 Å². The molecule has 11 nitrogen and oxygen atoms in total. The van der Waals surface area contributed by atoms with E-state index in [-0.39, 0.29) is 44.3 Å². The minimum Gasteiger partial charge on any atom is -0.493 e. The SMILES string of the molecule is COc1cc2c(cc1OC)[C@@H](CC(=O)C[C@@H]1c3cc(OC)c(OC)cc3-c3ccc4cc5c(cc4c3N1C)OCO5)N(C)c1c-2ccc2cc3c(cc12)OCO3. The van der Waals surface area contributed by atoms with Gasteiger partial charge in [0.15, 0.2) is 46.0 Å². The van der Waals surface area contributed by atoms with Gasteiger partial charge in [0.1, 0.15) is 5.78 Å². The highest BCUT2D eigenvalue weighted by Crippen LogP contribution is 2.55. The Morgan fingerprint density at radius 3 is 1.30 bits per heavy atom. The first-order chi connectivity index (χ1) is 27.3. The van der Waals surface area contributed by atoms with Crippen LogP contribution in [0.4, 0.5) is 11.4 Å². The van der Waals surface area contributed by atoms with E-state index in [1.807, 2.05) is 48.5 Å². The molecule has 4 heterocycles. The molecule has 6 aromatic carbocycles. The number of fused-ring (bicyclic) bond motifs is 12. The number of rotatable bonds is 8. The first-order valence-corrected chi connectivity index (χ1v) is 18.5. The average Bonchev–Trinajstić information content (AvgIpc) is 3.89. The molecule has 4 aliphatic heterocycles. The molecule has 0 aromatic heterocycles. The van der Waals surface area contributed by atoms with E-state index in [0.717, 1.165) is 77.8 Å². The number of ketones is 1. The van der Waals surface area contributed by atoms with Crippen LogP contribution in [0, 0.1) is 0 Å². The fourth-order valence-corrected chi connectivity index (χ4v) is 9.13. The fourth-order valence-electron chi connectivity index (χ4n) is 9.13. The van der Waals surface area contributed by atoms with Gasteiger partial charge in [-0.3, -0.25) is 4.79 Å². The Balaban J connectivity index is 1.08. The lowest BCUT2D eigenvalue weighted by Gasteiger charge is -2.40. The lowest BCUT2D eigenvalue weighted by atomic mass is 9.81. The fraction of sp³-hybridized carbons (Fsp3) is 0.267. The number of Topliss-reactive ketones (excluding diaryl/α,β-unsaturated/α-hetero) is 1. The van der Waals surface area contributed by atoms with Gasteiger partial charge in [0.25, 0.3) is 0 Å². The maximum atomic E-state index is 14.9. The molecule has 0 saturated carbocycles. The minimum atomic E-state index is -0.313. The molecule has 6 aromatic rings. The summed E-state index contributed by atoms with van der Waals surface area (Å²) in [5.74, 6) is 5.41. The van der Waals surface area contributed by atoms with Crippen molar-refractivity contribution in [2.24, 2.45) is 0 Å². The summed E-state index contributed by atoms with van der Waals surface area (Å²) in [6.45, 7) is 0.366. The molecule has 11 heteroatoms. The molecule has 0 bridgehead atoms. The van der Waals surface area contributed by atoms with Crippen LogP contribution in [-0.4, -0.2) is 61.9 Å². The van der Waals surface area contributed by atoms with Crippen molar-refractivity contribution in [2.75, 3.05) is 65.9 Å². The van der Waals surface area contributed by atoms with E-state index < -0.39 is 0 Å². The Bertz CT molecular complexity index is 2460. The van der Waals surface area contributed by atoms with E-state index in [2.05, 4.69) is 48.2 Å². The topological polar surface area (TPSA) is 97.4 Å². The largest absolute Gasteiger partial charge is 0.493 e. The standard InChI is InChI=1S/C45H40N2O9/c1-46-34(32-19-38(51-5)36(49-3)17-30(32)26-9-7-23-11-40-42(55-21-53-40)15-28(23)44(26)46)13-25(48)14-35-33-20-39(52-6)37(50-4)18-31(33)27-10-8-24-12-41-43(56-22-54-41)16-29(24)45(27)47(35)2/h7-12,15-20,34-35H,13-14,21-22H2,1-6H3/t34-,35-/m1/s1. The summed E-state index contributed by atoms with van der Waals surface area (Å²) in [6, 6.07) is 24.0. The van der Waals surface area contributed by atoms with Crippen LogP contribution < -0.4 is 47.7 Å². The highest BCUT2D eigenvalue weighted by Gasteiger charge is 2.37. The molecule has 0 saturated heterocycles. The third kappa shape index (κ3) is 4.99. The van der Waals surface area contributed by atoms with Crippen LogP contribution in [-0.2, 0) is 4.79 Å². The molecule has 0 fully saturated rings. The molecule has 0 N–H and O–H groups in total. The summed E-state index contributed by atoms with van der Waals surface area (Å²) < 4.78 is 46.3. The summed E-state index contributed by atoms with van der Waals surface area (Å²) in [5.41, 5.74) is 8.04. The van der Waals surface area contributed by atoms with Crippen molar-refractivity contribution in [3.05, 3.63) is 83.9 Å². The van der Waals surface area contributed by atoms with E-state index in [4.69, 9.17) is 37.9 Å². The average molecular weight is 753 g/mol. The lowest BCUT2D eigenvalue weighted by Crippen LogP contribution is -2.33. The number of carbonyl (C=O) groups excluding carboxylic acids is 1. The van der Waals surface area contributed by atoms with Gasteiger partial charge < -0.3 is 47.7 Å². The summed E-state index contributed by atoms with van der Waals surface area (Å²) in [5, 5.41) is 4.07. The first-order valence-electron chi connectivity index (χ1n) is 18.5. The number of carbonyl (C=O) groups is 1. The van der Waals surface area contributed by atoms with E-state index in [9.17, 15) is 4.79 Å². The first kappa shape index (κ1) is 34.0. The molecule has 56 heavy (non-hydrogen) atoms. The normalized spacial score (nSPS) is 17.0. The van der Waals surface area contributed by atoms with Gasteiger partial charge in [0.2, 0.25) is 13.6 Å². The highest BCUT2D eigenvalue weighted by atomic mass is 16.7. The third-order valence-electron chi connectivity index (χ3n) is 11.9. The Kier molecular flexibility index (Phi) is 7.78. The van der Waals surface area contributed by atoms with Crippen molar-refractivity contribution >= 4 is 38.7 Å². The van der Waals surface area contributed by atoms with Crippen molar-refractivity contribution in [2.45, 2.75) is 24.9 Å². The van der Waals surface area contributed by atoms with Crippen LogP contribution in [0.25, 0.3) is 43.8 Å². The molecule has 0 radical (unpaired) electrons. The van der Waals surface area contributed by atoms with Gasteiger partial charge >= 0.3 is 0 Å². The minimum absolute atomic E-state index is 0.0998. The second-order valence-electron chi connectivity index (χ2n) is 14.6. The maximum Gasteiger partial charge on any atom is 0.231 e. The monoisotopic (exact) mass is 752 g/mol. The van der Waals surface area contributed by atoms with Crippen LogP contribution in [0.1, 0.15) is 36.1 Å². The Morgan fingerprint density at radius 2 is 0.911 bits per heavy atom. The predicted molar refractivity (Wildman–Crippen MR) is 214 cm³/mol. The maximum absolute atomic E-state index is 14.9. The van der Waals surface area contributed by atoms with Gasteiger partial charge in [-0.2, -0.15) is 0 Å². The van der Waals surface area contributed by atoms with Crippen LogP contribution in [0.5, 0.6) is 46.0 Å². The predicted octanol–water partition coefficient (Wildman–Crippen LogP) is 8.85. The van der Waals surface area contributed by atoms with E-state index in [0.29, 0.717) is 34.5 Å². The molecule has 284 valence electrons. The third-order valence-corrected chi connectivity index (χ3v) is 11.9. The molecular formula is C45H40N2O9. The Labute approximate surface area is 323 Å². The van der Waals surface area contributed by atoms with Crippen molar-refractivity contribution < 1.29 is 42.7 Å². The van der Waals surface area contributed by atoms with E-state index in [1.54, 1.807) is 28.4 Å². The number of hydrogen-bond acceptors (Lipinski definition) is 11. The highest BCUT2D eigenvalue weighted by molar-refractivity contribution is 6.07. The molecule has 10 rings (SSSR count). The summed E-state index contributed by atoms with van der Waals surface area (Å²) >= 11 is 0. The summed E-state index contributed by atoms with van der Waals surface area (Å²) in [6.07, 6.45) is 0.487. The second kappa shape index (κ2) is 12.8. The Hall–Kier alpha value is -6.49. The van der Waals surface area contributed by atoms with Crippen molar-refractivity contribution in [3.8, 4) is 68.2 Å². The molecule has 0 aliphatic carbocycles. The van der Waals surface area contributed by atoms with Crippen molar-refractivity contribution in [1.82, 2.24) is 0 Å². The summed E-state index contributed by atoms with van der Waals surface area (Å²) in [4.78, 5) is 19.3. The molecular weight excluding hydrogens is 712 g/mol. The quantitative estimate of drug-likeness (QED) is 0.149. The number of methoxy groups -OCH3 is 4. The lowest BCUT2D eigenvalue weighted by molar-refractivity contribution is -0.119. The van der Waals surface area contributed by atoms with Gasteiger partial charge in [0, 0.05) is 48.8 Å². The number of anilines is 2. The zero-order valence-corrected chi connectivity index (χ0v) is 32.0. The van der Waals surface area contributed by atoms with Crippen molar-refractivity contribution in [1.29, 1.82) is 0 Å². The second-order valence-corrected chi connectivity index (χ2v) is 14.6. The van der Waals surface area contributed by atoms with Crippen LogP contribution in [0.2, 0.25) is 0 Å². The van der Waals surface area contributed by atoms with Gasteiger partial charge in [-0.25, -0.2) is 0 Å². The summed E-state index contributed by atoms with van der Waals surface area (Å²) in [7, 11) is 10.7. The van der Waals surface area contributed by atoms with Gasteiger partial charge in [0.05, 0.1) is 51.9 Å². The van der Waals surface area contributed by atoms with Gasteiger partial charge in [-0.05, 0) is 81.6 Å². The zero-order chi connectivity index (χ0) is 38.4. The van der Waals surface area contributed by atoms with Crippen LogP contribution >= 0.6 is 0 Å². The van der Waals surface area contributed by atoms with Gasteiger partial charge in [-0.15, -0.1) is 0 Å². The Morgan fingerprint density at radius 1 is 0.536 bits per heavy atom. The molecule has 0 amide bonds. The van der Waals surface area contributed by atoms with E-state index in [1.165, 1.54) is 0 Å². The number of benzene rings is 6. The van der Waals surface area contributed by atoms with Crippen LogP contribution in [0.15, 0.2) is 72.8 Å². The zero-order valence-electron chi connectivity index (χ0n) is 32.0.